The van der Waals surface area contributed by atoms with Gasteiger partial charge >= 0.3 is 0 Å². The molecule has 4 fully saturated rings. The fourth-order valence-corrected chi connectivity index (χ4v) is 5.80. The number of hydrogen-bond acceptors (Lipinski definition) is 7. The molecule has 0 aliphatic carbocycles. The average molecular weight is 498 g/mol. The van der Waals surface area contributed by atoms with E-state index in [0.29, 0.717) is 31.6 Å². The minimum atomic E-state index is -1.86. The number of methoxy groups -OCH3 is 1. The largest absolute Gasteiger partial charge is 0.359 e. The number of ether oxygens (including phenoxy) is 2. The van der Waals surface area contributed by atoms with Gasteiger partial charge in [-0.1, -0.05) is 24.3 Å². The number of rotatable bonds is 8. The number of carbonyl (C=O) groups excluding carboxylic acids is 1. The Kier molecular flexibility index (Phi) is 7.23. The van der Waals surface area contributed by atoms with Crippen LogP contribution in [0.1, 0.15) is 38.2 Å². The summed E-state index contributed by atoms with van der Waals surface area (Å²) in [4.78, 5) is 26.6. The molecule has 1 amide bonds. The van der Waals surface area contributed by atoms with Gasteiger partial charge in [-0.25, -0.2) is 14.4 Å². The van der Waals surface area contributed by atoms with Crippen molar-refractivity contribution in [3.05, 3.63) is 42.1 Å². The van der Waals surface area contributed by atoms with Crippen LogP contribution >= 0.6 is 0 Å². The molecule has 2 aromatic rings. The smallest absolute Gasteiger partial charge is 0.258 e. The summed E-state index contributed by atoms with van der Waals surface area (Å²) in [5.41, 5.74) is 0.618. The molecule has 8 nitrogen and oxygen atoms in total. The van der Waals surface area contributed by atoms with E-state index in [2.05, 4.69) is 22.1 Å². The van der Waals surface area contributed by atoms with E-state index in [-0.39, 0.29) is 25.2 Å². The van der Waals surface area contributed by atoms with Crippen LogP contribution < -0.4 is 10.2 Å². The molecule has 36 heavy (non-hydrogen) atoms. The maximum absolute atomic E-state index is 15.8. The van der Waals surface area contributed by atoms with Crippen molar-refractivity contribution in [2.45, 2.75) is 50.4 Å². The molecule has 5 heterocycles. The van der Waals surface area contributed by atoms with Gasteiger partial charge in [-0.05, 0) is 50.4 Å². The quantitative estimate of drug-likeness (QED) is 0.443. The Balaban J connectivity index is 1.19. The van der Waals surface area contributed by atoms with Crippen molar-refractivity contribution in [1.82, 2.24) is 20.2 Å². The Morgan fingerprint density at radius 1 is 1.14 bits per heavy atom. The first-order valence-electron chi connectivity index (χ1n) is 12.9. The first kappa shape index (κ1) is 25.0. The zero-order valence-electron chi connectivity index (χ0n) is 21.2. The summed E-state index contributed by atoms with van der Waals surface area (Å²) in [7, 11) is 1.60. The van der Waals surface area contributed by atoms with Crippen molar-refractivity contribution in [2.75, 3.05) is 51.5 Å². The Hall–Kier alpha value is -2.62. The summed E-state index contributed by atoms with van der Waals surface area (Å²) in [5.74, 6) is 0.535. The van der Waals surface area contributed by atoms with Gasteiger partial charge in [0.2, 0.25) is 5.95 Å². The van der Waals surface area contributed by atoms with Gasteiger partial charge in [0.05, 0.1) is 17.8 Å². The van der Waals surface area contributed by atoms with Gasteiger partial charge in [0.15, 0.2) is 5.67 Å². The van der Waals surface area contributed by atoms with Crippen LogP contribution in [-0.4, -0.2) is 78.6 Å². The number of alkyl halides is 1. The third kappa shape index (κ3) is 5.23. The highest BCUT2D eigenvalue weighted by Crippen LogP contribution is 2.37. The molecule has 4 aliphatic rings. The highest BCUT2D eigenvalue weighted by Gasteiger charge is 2.49. The van der Waals surface area contributed by atoms with Crippen LogP contribution in [0.3, 0.4) is 0 Å². The van der Waals surface area contributed by atoms with Crippen molar-refractivity contribution in [3.63, 3.8) is 0 Å². The van der Waals surface area contributed by atoms with E-state index in [1.54, 1.807) is 13.3 Å². The summed E-state index contributed by atoms with van der Waals surface area (Å²) in [5, 5.41) is 3.12. The minimum Gasteiger partial charge on any atom is -0.359 e. The fourth-order valence-electron chi connectivity index (χ4n) is 5.80. The molecular formula is C27H36FN5O3. The summed E-state index contributed by atoms with van der Waals surface area (Å²) >= 11 is 0. The second kappa shape index (κ2) is 10.4. The van der Waals surface area contributed by atoms with E-state index in [4.69, 9.17) is 14.5 Å². The number of fused-ring (bicyclic) bond motifs is 3. The normalized spacial score (nSPS) is 27.1. The van der Waals surface area contributed by atoms with E-state index in [1.165, 1.54) is 0 Å². The van der Waals surface area contributed by atoms with E-state index < -0.39 is 11.6 Å². The number of nitrogens with zero attached hydrogens (tertiary/aromatic N) is 4. The lowest BCUT2D eigenvalue weighted by molar-refractivity contribution is -0.139. The number of aromatic nitrogens is 2. The molecule has 4 aliphatic heterocycles. The monoisotopic (exact) mass is 497 g/mol. The summed E-state index contributed by atoms with van der Waals surface area (Å²) in [6.07, 6.45) is 4.13. The number of amides is 1. The van der Waals surface area contributed by atoms with Crippen molar-refractivity contribution in [2.24, 2.45) is 5.92 Å². The number of nitrogens with one attached hydrogen (secondary N) is 1. The maximum atomic E-state index is 15.8. The summed E-state index contributed by atoms with van der Waals surface area (Å²) < 4.78 is 26.1. The summed E-state index contributed by atoms with van der Waals surface area (Å²) in [6, 6.07) is 9.86. The number of hydrogen-bond donors (Lipinski definition) is 1. The topological polar surface area (TPSA) is 79.8 Å². The third-order valence-corrected chi connectivity index (χ3v) is 8.05. The van der Waals surface area contributed by atoms with Crippen LogP contribution in [0.4, 0.5) is 10.3 Å². The second-order valence-electron chi connectivity index (χ2n) is 10.6. The molecule has 1 N–H and O–H groups in total. The van der Waals surface area contributed by atoms with Gasteiger partial charge in [0.1, 0.15) is 6.79 Å². The Morgan fingerprint density at radius 2 is 1.86 bits per heavy atom. The molecule has 2 bridgehead atoms. The maximum Gasteiger partial charge on any atom is 0.258 e. The van der Waals surface area contributed by atoms with Gasteiger partial charge in [0.25, 0.3) is 5.91 Å². The Labute approximate surface area is 212 Å². The molecule has 1 aromatic heterocycles. The van der Waals surface area contributed by atoms with E-state index in [0.717, 1.165) is 49.3 Å². The average Bonchev–Trinajstić information content (AvgIpc) is 2.90. The number of carbonyl (C=O) groups is 1. The zero-order chi connectivity index (χ0) is 25.2. The van der Waals surface area contributed by atoms with Gasteiger partial charge in [-0.15, -0.1) is 0 Å². The lowest BCUT2D eigenvalue weighted by Gasteiger charge is -2.52. The van der Waals surface area contributed by atoms with Crippen molar-refractivity contribution in [3.8, 4) is 11.3 Å². The molecule has 4 saturated heterocycles. The predicted octanol–water partition coefficient (Wildman–Crippen LogP) is 3.17. The number of halogens is 1. The molecule has 1 aromatic carbocycles. The van der Waals surface area contributed by atoms with Crippen LogP contribution in [0.25, 0.3) is 11.3 Å². The molecule has 1 unspecified atom stereocenters. The standard InChI is InChI=1S/C27H36FN5O3/c1-26(18-32-13-8-22(26)9-14-32)31-24(34)27(28)10-15-33(16-11-27)25-29-12-7-23(30-25)21-5-3-20(4-6-21)17-36-19-35-2/h3-7,12,22H,8-11,13-19H2,1-2H3,(H,31,34). The van der Waals surface area contributed by atoms with Crippen LogP contribution in [0.2, 0.25) is 0 Å². The number of anilines is 1. The lowest BCUT2D eigenvalue weighted by Crippen LogP contribution is -2.68. The third-order valence-electron chi connectivity index (χ3n) is 8.05. The van der Waals surface area contributed by atoms with Crippen LogP contribution in [0.15, 0.2) is 36.5 Å². The Bertz CT molecular complexity index is 1050. The lowest BCUT2D eigenvalue weighted by atomic mass is 9.73. The van der Waals surface area contributed by atoms with Crippen molar-refractivity contribution < 1.29 is 18.7 Å². The molecular weight excluding hydrogens is 461 g/mol. The molecule has 1 atom stereocenters. The molecule has 0 spiro atoms. The first-order valence-corrected chi connectivity index (χ1v) is 12.9. The second-order valence-corrected chi connectivity index (χ2v) is 10.6. The van der Waals surface area contributed by atoms with Crippen LogP contribution in [0.5, 0.6) is 0 Å². The Morgan fingerprint density at radius 3 is 2.50 bits per heavy atom. The minimum absolute atomic E-state index is 0.132. The highest BCUT2D eigenvalue weighted by atomic mass is 19.1. The number of benzene rings is 1. The first-order chi connectivity index (χ1) is 17.4. The van der Waals surface area contributed by atoms with E-state index in [9.17, 15) is 4.79 Å². The van der Waals surface area contributed by atoms with Crippen molar-refractivity contribution >= 4 is 11.9 Å². The predicted molar refractivity (Wildman–Crippen MR) is 135 cm³/mol. The van der Waals surface area contributed by atoms with Crippen molar-refractivity contribution in [1.29, 1.82) is 0 Å². The summed E-state index contributed by atoms with van der Waals surface area (Å²) in [6.45, 7) is 6.59. The van der Waals surface area contributed by atoms with E-state index >= 15 is 4.39 Å². The van der Waals surface area contributed by atoms with Gasteiger partial charge in [0, 0.05) is 51.3 Å². The fraction of sp³-hybridized carbons (Fsp3) is 0.593. The van der Waals surface area contributed by atoms with Crippen LogP contribution in [0, 0.1) is 5.92 Å². The van der Waals surface area contributed by atoms with Gasteiger partial charge in [-0.2, -0.15) is 0 Å². The number of piperidine rings is 4. The van der Waals surface area contributed by atoms with E-state index in [1.807, 2.05) is 35.2 Å². The highest BCUT2D eigenvalue weighted by molar-refractivity contribution is 5.86. The molecule has 6 rings (SSSR count). The zero-order valence-corrected chi connectivity index (χ0v) is 21.2. The molecule has 0 saturated carbocycles. The van der Waals surface area contributed by atoms with Crippen LogP contribution in [-0.2, 0) is 20.9 Å². The molecule has 194 valence electrons. The molecule has 9 heteroatoms. The van der Waals surface area contributed by atoms with Gasteiger partial charge < -0.3 is 24.6 Å². The van der Waals surface area contributed by atoms with Gasteiger partial charge in [-0.3, -0.25) is 4.79 Å². The SMILES string of the molecule is COCOCc1ccc(-c2ccnc(N3CCC(F)(C(=O)NC4(C)CN5CCC4CC5)CC3)n2)cc1. The molecule has 0 radical (unpaired) electrons.